The smallest absolute Gasteiger partial charge is 0.241 e. The number of benzene rings is 1. The van der Waals surface area contributed by atoms with E-state index >= 15 is 0 Å². The molecule has 1 unspecified atom stereocenters. The molecule has 0 bridgehead atoms. The number of hydrogen-bond acceptors (Lipinski definition) is 3. The fraction of sp³-hybridized carbons (Fsp3) is 0.538. The molecule has 0 spiro atoms. The predicted molar refractivity (Wildman–Crippen MR) is 74.8 cm³/mol. The lowest BCUT2D eigenvalue weighted by molar-refractivity contribution is 0.317. The van der Waals surface area contributed by atoms with Crippen molar-refractivity contribution in [2.24, 2.45) is 5.41 Å². The molecule has 3 N–H and O–H groups in total. The topological polar surface area (TPSA) is 72.2 Å². The third kappa shape index (κ3) is 3.46. The minimum atomic E-state index is -3.50. The van der Waals surface area contributed by atoms with Gasteiger partial charge in [-0.2, -0.15) is 0 Å². The average molecular weight is 270 g/mol. The number of aryl methyl sites for hydroxylation is 1. The van der Waals surface area contributed by atoms with Crippen LogP contribution in [-0.4, -0.2) is 14.5 Å². The van der Waals surface area contributed by atoms with Gasteiger partial charge in [-0.05, 0) is 43.0 Å². The van der Waals surface area contributed by atoms with Crippen LogP contribution in [0.4, 0.5) is 5.69 Å². The molecule has 0 radical (unpaired) electrons. The van der Waals surface area contributed by atoms with E-state index in [4.69, 9.17) is 5.73 Å². The molecule has 0 aromatic heterocycles. The van der Waals surface area contributed by atoms with E-state index in [1.165, 1.54) is 0 Å². The molecule has 102 valence electrons. The van der Waals surface area contributed by atoms with Crippen LogP contribution in [0, 0.1) is 12.3 Å². The van der Waals surface area contributed by atoms with E-state index in [9.17, 15) is 8.42 Å². The predicted octanol–water partition coefficient (Wildman–Crippen LogP) is 2.29. The van der Waals surface area contributed by atoms with E-state index in [1.54, 1.807) is 25.1 Å². The summed E-state index contributed by atoms with van der Waals surface area (Å²) in [6.45, 7) is 9.60. The molecule has 0 saturated carbocycles. The van der Waals surface area contributed by atoms with E-state index in [-0.39, 0.29) is 16.4 Å². The highest BCUT2D eigenvalue weighted by Gasteiger charge is 2.26. The van der Waals surface area contributed by atoms with Gasteiger partial charge in [0, 0.05) is 11.7 Å². The van der Waals surface area contributed by atoms with Gasteiger partial charge >= 0.3 is 0 Å². The van der Waals surface area contributed by atoms with Crippen LogP contribution >= 0.6 is 0 Å². The third-order valence-electron chi connectivity index (χ3n) is 3.12. The molecule has 5 heteroatoms. The summed E-state index contributed by atoms with van der Waals surface area (Å²) in [5.74, 6) is 0. The number of anilines is 1. The monoisotopic (exact) mass is 270 g/mol. The summed E-state index contributed by atoms with van der Waals surface area (Å²) >= 11 is 0. The Bertz CT molecular complexity index is 530. The first kappa shape index (κ1) is 15.0. The van der Waals surface area contributed by atoms with Crippen molar-refractivity contribution in [3.05, 3.63) is 23.8 Å². The molecule has 4 nitrogen and oxygen atoms in total. The minimum absolute atomic E-state index is 0.130. The van der Waals surface area contributed by atoms with Gasteiger partial charge in [-0.1, -0.05) is 20.8 Å². The Hall–Kier alpha value is -1.07. The van der Waals surface area contributed by atoms with Gasteiger partial charge in [0.25, 0.3) is 0 Å². The second-order valence-electron chi connectivity index (χ2n) is 5.73. The molecule has 0 heterocycles. The first-order valence-electron chi connectivity index (χ1n) is 5.92. The van der Waals surface area contributed by atoms with Crippen molar-refractivity contribution in [2.45, 2.75) is 45.6 Å². The quantitative estimate of drug-likeness (QED) is 0.828. The van der Waals surface area contributed by atoms with Crippen molar-refractivity contribution in [3.8, 4) is 0 Å². The Kier molecular flexibility index (Phi) is 4.08. The average Bonchev–Trinajstić information content (AvgIpc) is 2.14. The molecule has 1 aromatic rings. The molecule has 18 heavy (non-hydrogen) atoms. The van der Waals surface area contributed by atoms with Crippen molar-refractivity contribution in [2.75, 3.05) is 5.73 Å². The number of hydrogen-bond donors (Lipinski definition) is 2. The highest BCUT2D eigenvalue weighted by molar-refractivity contribution is 7.89. The largest absolute Gasteiger partial charge is 0.399 e. The van der Waals surface area contributed by atoms with Gasteiger partial charge in [-0.3, -0.25) is 0 Å². The lowest BCUT2D eigenvalue weighted by atomic mass is 9.89. The summed E-state index contributed by atoms with van der Waals surface area (Å²) in [6, 6.07) is 4.65. The molecule has 0 aliphatic heterocycles. The van der Waals surface area contributed by atoms with E-state index in [0.29, 0.717) is 11.3 Å². The molecule has 0 amide bonds. The van der Waals surface area contributed by atoms with Gasteiger partial charge in [-0.15, -0.1) is 0 Å². The Morgan fingerprint density at radius 2 is 1.83 bits per heavy atom. The van der Waals surface area contributed by atoms with Gasteiger partial charge in [-0.25, -0.2) is 13.1 Å². The fourth-order valence-electron chi connectivity index (χ4n) is 1.45. The van der Waals surface area contributed by atoms with Crippen molar-refractivity contribution < 1.29 is 8.42 Å². The highest BCUT2D eigenvalue weighted by Crippen LogP contribution is 2.23. The van der Waals surface area contributed by atoms with Gasteiger partial charge < -0.3 is 5.73 Å². The lowest BCUT2D eigenvalue weighted by Crippen LogP contribution is -2.41. The summed E-state index contributed by atoms with van der Waals surface area (Å²) in [5.41, 5.74) is 6.72. The maximum atomic E-state index is 12.3. The molecular formula is C13H22N2O2S. The van der Waals surface area contributed by atoms with Gasteiger partial charge in [0.15, 0.2) is 0 Å². The van der Waals surface area contributed by atoms with Crippen LogP contribution in [0.3, 0.4) is 0 Å². The summed E-state index contributed by atoms with van der Waals surface area (Å²) < 4.78 is 27.2. The maximum absolute atomic E-state index is 12.3. The van der Waals surface area contributed by atoms with Crippen LogP contribution in [0.15, 0.2) is 23.1 Å². The van der Waals surface area contributed by atoms with Crippen LogP contribution in [0.2, 0.25) is 0 Å². The number of nitrogen functional groups attached to an aromatic ring is 1. The standard InChI is InChI=1S/C13H22N2O2S/c1-9-8-11(14)6-7-12(9)18(16,17)15-10(2)13(3,4)5/h6-8,10,15H,14H2,1-5H3. The fourth-order valence-corrected chi connectivity index (χ4v) is 3.12. The first-order chi connectivity index (χ1) is 8.04. The second kappa shape index (κ2) is 4.90. The third-order valence-corrected chi connectivity index (χ3v) is 4.82. The van der Waals surface area contributed by atoms with Crippen molar-refractivity contribution in [3.63, 3.8) is 0 Å². The molecule has 0 aliphatic carbocycles. The second-order valence-corrected chi connectivity index (χ2v) is 7.42. The molecular weight excluding hydrogens is 248 g/mol. The zero-order valence-electron chi connectivity index (χ0n) is 11.6. The minimum Gasteiger partial charge on any atom is -0.399 e. The van der Waals surface area contributed by atoms with Crippen molar-refractivity contribution in [1.82, 2.24) is 4.72 Å². The van der Waals surface area contributed by atoms with Gasteiger partial charge in [0.05, 0.1) is 4.90 Å². The number of sulfonamides is 1. The highest BCUT2D eigenvalue weighted by atomic mass is 32.2. The Morgan fingerprint density at radius 3 is 2.28 bits per heavy atom. The summed E-state index contributed by atoms with van der Waals surface area (Å²) in [4.78, 5) is 0.285. The van der Waals surface area contributed by atoms with E-state index in [1.807, 2.05) is 27.7 Å². The van der Waals surface area contributed by atoms with E-state index in [0.717, 1.165) is 0 Å². The van der Waals surface area contributed by atoms with Gasteiger partial charge in [0.2, 0.25) is 10.0 Å². The molecule has 1 rings (SSSR count). The summed E-state index contributed by atoms with van der Waals surface area (Å²) in [7, 11) is -3.50. The number of nitrogens with one attached hydrogen (secondary N) is 1. The molecule has 1 atom stereocenters. The van der Waals surface area contributed by atoms with Crippen LogP contribution in [0.25, 0.3) is 0 Å². The molecule has 1 aromatic carbocycles. The molecule has 0 fully saturated rings. The Labute approximate surface area is 110 Å². The first-order valence-corrected chi connectivity index (χ1v) is 7.41. The zero-order chi connectivity index (χ0) is 14.1. The van der Waals surface area contributed by atoms with Crippen molar-refractivity contribution >= 4 is 15.7 Å². The Morgan fingerprint density at radius 1 is 1.28 bits per heavy atom. The normalized spacial score (nSPS) is 14.5. The van der Waals surface area contributed by atoms with Crippen molar-refractivity contribution in [1.29, 1.82) is 0 Å². The SMILES string of the molecule is Cc1cc(N)ccc1S(=O)(=O)NC(C)C(C)(C)C. The lowest BCUT2D eigenvalue weighted by Gasteiger charge is -2.28. The number of nitrogens with two attached hydrogens (primary N) is 1. The van der Waals surface area contributed by atoms with Gasteiger partial charge in [0.1, 0.15) is 0 Å². The number of rotatable bonds is 3. The van der Waals surface area contributed by atoms with Crippen LogP contribution in [0.5, 0.6) is 0 Å². The Balaban J connectivity index is 3.08. The summed E-state index contributed by atoms with van der Waals surface area (Å²) in [6.07, 6.45) is 0. The van der Waals surface area contributed by atoms with Crippen LogP contribution < -0.4 is 10.5 Å². The van der Waals surface area contributed by atoms with Crippen LogP contribution in [-0.2, 0) is 10.0 Å². The zero-order valence-corrected chi connectivity index (χ0v) is 12.4. The molecule has 0 saturated heterocycles. The van der Waals surface area contributed by atoms with E-state index in [2.05, 4.69) is 4.72 Å². The molecule has 0 aliphatic rings. The summed E-state index contributed by atoms with van der Waals surface area (Å²) in [5, 5.41) is 0. The van der Waals surface area contributed by atoms with Crippen LogP contribution in [0.1, 0.15) is 33.3 Å². The van der Waals surface area contributed by atoms with E-state index < -0.39 is 10.0 Å². The maximum Gasteiger partial charge on any atom is 0.241 e.